The average Bonchev–Trinajstić information content (AvgIpc) is 2.47. The number of nitrogens with zero attached hydrogens (tertiary/aromatic N) is 1. The molecule has 1 aromatic heterocycles. The standard InChI is InChI=1S/C15H18N2O/c18-15(14-7-3-4-8-17-14)13-10-16-9-11-5-1-2-6-12(11)13/h1-2,5-6,9-10,14-15,17-18H,3-4,7-8H2. The van der Waals surface area contributed by atoms with Crippen molar-refractivity contribution in [2.45, 2.75) is 31.4 Å². The van der Waals surface area contributed by atoms with Crippen LogP contribution in [0.1, 0.15) is 30.9 Å². The number of aliphatic hydroxyl groups is 1. The molecular weight excluding hydrogens is 224 g/mol. The van der Waals surface area contributed by atoms with Crippen LogP contribution in [0.3, 0.4) is 0 Å². The molecule has 1 saturated heterocycles. The van der Waals surface area contributed by atoms with Gasteiger partial charge in [-0.2, -0.15) is 0 Å². The molecule has 0 radical (unpaired) electrons. The summed E-state index contributed by atoms with van der Waals surface area (Å²) in [5.74, 6) is 0. The van der Waals surface area contributed by atoms with Crippen molar-refractivity contribution in [3.05, 3.63) is 42.2 Å². The van der Waals surface area contributed by atoms with Crippen molar-refractivity contribution < 1.29 is 5.11 Å². The van der Waals surface area contributed by atoms with Crippen LogP contribution in [0.4, 0.5) is 0 Å². The van der Waals surface area contributed by atoms with E-state index < -0.39 is 6.10 Å². The molecule has 1 aliphatic rings. The monoisotopic (exact) mass is 242 g/mol. The summed E-state index contributed by atoms with van der Waals surface area (Å²) < 4.78 is 0. The Hall–Kier alpha value is -1.45. The van der Waals surface area contributed by atoms with Crippen LogP contribution in [0, 0.1) is 0 Å². The molecule has 1 aliphatic heterocycles. The fourth-order valence-electron chi connectivity index (χ4n) is 2.74. The Morgan fingerprint density at radius 2 is 2.11 bits per heavy atom. The SMILES string of the molecule is OC(c1cncc2ccccc12)C1CCCCN1. The van der Waals surface area contributed by atoms with Crippen LogP contribution in [-0.4, -0.2) is 22.7 Å². The molecule has 3 nitrogen and oxygen atoms in total. The molecule has 0 aliphatic carbocycles. The molecule has 1 aromatic carbocycles. The van der Waals surface area contributed by atoms with E-state index in [2.05, 4.69) is 16.4 Å². The number of hydrogen-bond acceptors (Lipinski definition) is 3. The molecule has 0 spiro atoms. The van der Waals surface area contributed by atoms with Gasteiger partial charge in [-0.05, 0) is 24.8 Å². The third-order valence-electron chi connectivity index (χ3n) is 3.75. The van der Waals surface area contributed by atoms with E-state index >= 15 is 0 Å². The molecule has 1 fully saturated rings. The van der Waals surface area contributed by atoms with E-state index in [0.29, 0.717) is 0 Å². The normalized spacial score (nSPS) is 21.9. The summed E-state index contributed by atoms with van der Waals surface area (Å²) in [7, 11) is 0. The van der Waals surface area contributed by atoms with E-state index in [9.17, 15) is 5.11 Å². The van der Waals surface area contributed by atoms with Crippen molar-refractivity contribution in [2.75, 3.05) is 6.54 Å². The van der Waals surface area contributed by atoms with Gasteiger partial charge in [0, 0.05) is 29.4 Å². The molecule has 2 heterocycles. The predicted molar refractivity (Wildman–Crippen MR) is 72.3 cm³/mol. The zero-order valence-corrected chi connectivity index (χ0v) is 10.3. The summed E-state index contributed by atoms with van der Waals surface area (Å²) in [5, 5.41) is 16.1. The number of rotatable bonds is 2. The second-order valence-corrected chi connectivity index (χ2v) is 4.95. The zero-order chi connectivity index (χ0) is 12.4. The van der Waals surface area contributed by atoms with Gasteiger partial charge in [0.05, 0.1) is 6.10 Å². The van der Waals surface area contributed by atoms with Gasteiger partial charge in [0.1, 0.15) is 0 Å². The summed E-state index contributed by atoms with van der Waals surface area (Å²) in [6.07, 6.45) is 6.60. The average molecular weight is 242 g/mol. The van der Waals surface area contributed by atoms with Crippen molar-refractivity contribution in [3.8, 4) is 0 Å². The zero-order valence-electron chi connectivity index (χ0n) is 10.3. The number of piperidine rings is 1. The van der Waals surface area contributed by atoms with Gasteiger partial charge in [-0.3, -0.25) is 4.98 Å². The van der Waals surface area contributed by atoms with E-state index in [0.717, 1.165) is 29.3 Å². The maximum Gasteiger partial charge on any atom is 0.0963 e. The molecule has 2 aromatic rings. The highest BCUT2D eigenvalue weighted by molar-refractivity contribution is 5.84. The number of pyridine rings is 1. The number of fused-ring (bicyclic) bond motifs is 1. The molecular formula is C15H18N2O. The lowest BCUT2D eigenvalue weighted by Gasteiger charge is -2.28. The molecule has 3 rings (SSSR count). The molecule has 0 saturated carbocycles. The fourth-order valence-corrected chi connectivity index (χ4v) is 2.74. The third-order valence-corrected chi connectivity index (χ3v) is 3.75. The highest BCUT2D eigenvalue weighted by Crippen LogP contribution is 2.28. The van der Waals surface area contributed by atoms with Crippen LogP contribution in [0.25, 0.3) is 10.8 Å². The Balaban J connectivity index is 1.97. The number of nitrogens with one attached hydrogen (secondary N) is 1. The fraction of sp³-hybridized carbons (Fsp3) is 0.400. The number of hydrogen-bond donors (Lipinski definition) is 2. The van der Waals surface area contributed by atoms with Crippen LogP contribution in [-0.2, 0) is 0 Å². The Labute approximate surface area is 107 Å². The summed E-state index contributed by atoms with van der Waals surface area (Å²) in [6.45, 7) is 1.000. The van der Waals surface area contributed by atoms with E-state index in [1.54, 1.807) is 6.20 Å². The van der Waals surface area contributed by atoms with E-state index in [1.165, 1.54) is 12.8 Å². The summed E-state index contributed by atoms with van der Waals surface area (Å²) in [5.41, 5.74) is 0.938. The van der Waals surface area contributed by atoms with Gasteiger partial charge in [0.15, 0.2) is 0 Å². The topological polar surface area (TPSA) is 45.2 Å². The summed E-state index contributed by atoms with van der Waals surface area (Å²) >= 11 is 0. The van der Waals surface area contributed by atoms with Crippen LogP contribution in [0.15, 0.2) is 36.7 Å². The smallest absolute Gasteiger partial charge is 0.0963 e. The maximum absolute atomic E-state index is 10.5. The van der Waals surface area contributed by atoms with Crippen molar-refractivity contribution in [1.82, 2.24) is 10.3 Å². The molecule has 94 valence electrons. The summed E-state index contributed by atoms with van der Waals surface area (Å²) in [6, 6.07) is 8.25. The lowest BCUT2D eigenvalue weighted by Crippen LogP contribution is -2.38. The van der Waals surface area contributed by atoms with Gasteiger partial charge in [-0.15, -0.1) is 0 Å². The second-order valence-electron chi connectivity index (χ2n) is 4.95. The first kappa shape index (κ1) is 11.6. The number of benzene rings is 1. The Morgan fingerprint density at radius 3 is 2.94 bits per heavy atom. The van der Waals surface area contributed by atoms with Gasteiger partial charge in [-0.1, -0.05) is 30.7 Å². The van der Waals surface area contributed by atoms with Gasteiger partial charge in [0.25, 0.3) is 0 Å². The second kappa shape index (κ2) is 5.04. The lowest BCUT2D eigenvalue weighted by molar-refractivity contribution is 0.115. The minimum absolute atomic E-state index is 0.159. The van der Waals surface area contributed by atoms with E-state index in [4.69, 9.17) is 0 Å². The van der Waals surface area contributed by atoms with Crippen molar-refractivity contribution in [1.29, 1.82) is 0 Å². The van der Waals surface area contributed by atoms with Gasteiger partial charge in [-0.25, -0.2) is 0 Å². The summed E-state index contributed by atoms with van der Waals surface area (Å²) in [4.78, 5) is 4.24. The van der Waals surface area contributed by atoms with Gasteiger partial charge < -0.3 is 10.4 Å². The highest BCUT2D eigenvalue weighted by atomic mass is 16.3. The van der Waals surface area contributed by atoms with Crippen molar-refractivity contribution in [3.63, 3.8) is 0 Å². The van der Waals surface area contributed by atoms with Crippen LogP contribution in [0.5, 0.6) is 0 Å². The van der Waals surface area contributed by atoms with Crippen LogP contribution < -0.4 is 5.32 Å². The van der Waals surface area contributed by atoms with E-state index in [1.807, 2.05) is 24.4 Å². The Morgan fingerprint density at radius 1 is 1.22 bits per heavy atom. The molecule has 18 heavy (non-hydrogen) atoms. The van der Waals surface area contributed by atoms with Crippen LogP contribution >= 0.6 is 0 Å². The van der Waals surface area contributed by atoms with Crippen molar-refractivity contribution in [2.24, 2.45) is 0 Å². The molecule has 3 heteroatoms. The molecule has 0 bridgehead atoms. The van der Waals surface area contributed by atoms with Crippen molar-refractivity contribution >= 4 is 10.8 Å². The van der Waals surface area contributed by atoms with E-state index in [-0.39, 0.29) is 6.04 Å². The Kier molecular flexibility index (Phi) is 3.26. The molecule has 2 atom stereocenters. The Bertz CT molecular complexity index is 530. The number of aromatic nitrogens is 1. The van der Waals surface area contributed by atoms with Crippen LogP contribution in [0.2, 0.25) is 0 Å². The molecule has 0 amide bonds. The first-order chi connectivity index (χ1) is 8.86. The third kappa shape index (κ3) is 2.11. The number of aliphatic hydroxyl groups excluding tert-OH is 1. The predicted octanol–water partition coefficient (Wildman–Crippen LogP) is 2.41. The molecule has 2 N–H and O–H groups in total. The minimum Gasteiger partial charge on any atom is -0.387 e. The first-order valence-corrected chi connectivity index (χ1v) is 6.60. The minimum atomic E-state index is -0.469. The van der Waals surface area contributed by atoms with Gasteiger partial charge in [0.2, 0.25) is 0 Å². The highest BCUT2D eigenvalue weighted by Gasteiger charge is 2.24. The largest absolute Gasteiger partial charge is 0.387 e. The quantitative estimate of drug-likeness (QED) is 0.850. The van der Waals surface area contributed by atoms with Gasteiger partial charge >= 0.3 is 0 Å². The molecule has 2 unspecified atom stereocenters. The lowest BCUT2D eigenvalue weighted by atomic mass is 9.93. The first-order valence-electron chi connectivity index (χ1n) is 6.60. The maximum atomic E-state index is 10.5.